The Morgan fingerprint density at radius 3 is 2.00 bits per heavy atom. The molecule has 0 aromatic carbocycles. The lowest BCUT2D eigenvalue weighted by Crippen LogP contribution is -2.17. The van der Waals surface area contributed by atoms with Crippen molar-refractivity contribution in [1.29, 1.82) is 0 Å². The molecule has 0 saturated heterocycles. The lowest BCUT2D eigenvalue weighted by atomic mass is 10.1. The quantitative estimate of drug-likeness (QED) is 0.653. The number of aliphatic hydroxyl groups is 1. The Morgan fingerprint density at radius 1 is 1.20 bits per heavy atom. The Morgan fingerprint density at radius 2 is 1.70 bits per heavy atom. The van der Waals surface area contributed by atoms with Gasteiger partial charge in [0.25, 0.3) is 6.43 Å². The van der Waals surface area contributed by atoms with Crippen LogP contribution >= 0.6 is 0 Å². The summed E-state index contributed by atoms with van der Waals surface area (Å²) in [6, 6.07) is 0. The van der Waals surface area contributed by atoms with Gasteiger partial charge in [0.05, 0.1) is 0 Å². The van der Waals surface area contributed by atoms with Crippen molar-refractivity contribution >= 4 is 0 Å². The molecule has 0 amide bonds. The Bertz CT molecular complexity index is 83.7. The molecule has 62 valence electrons. The Balaban J connectivity index is 3.30. The van der Waals surface area contributed by atoms with Crippen LogP contribution in [0, 0.1) is 5.92 Å². The van der Waals surface area contributed by atoms with Gasteiger partial charge in [0, 0.05) is 0 Å². The minimum absolute atomic E-state index is 0.204. The predicted molar refractivity (Wildman–Crippen MR) is 36.1 cm³/mol. The van der Waals surface area contributed by atoms with Crippen molar-refractivity contribution in [2.24, 2.45) is 5.92 Å². The van der Waals surface area contributed by atoms with Gasteiger partial charge in [-0.15, -0.1) is 0 Å². The zero-order valence-corrected chi connectivity index (χ0v) is 6.35. The van der Waals surface area contributed by atoms with Crippen molar-refractivity contribution in [3.05, 3.63) is 0 Å². The lowest BCUT2D eigenvalue weighted by molar-refractivity contribution is -0.0113. The maximum Gasteiger partial charge on any atom is 0.264 e. The van der Waals surface area contributed by atoms with E-state index in [2.05, 4.69) is 0 Å². The van der Waals surface area contributed by atoms with Gasteiger partial charge in [0.15, 0.2) is 0 Å². The van der Waals surface area contributed by atoms with E-state index in [-0.39, 0.29) is 6.42 Å². The van der Waals surface area contributed by atoms with E-state index in [1.54, 1.807) is 0 Å². The van der Waals surface area contributed by atoms with E-state index in [1.165, 1.54) is 0 Å². The molecule has 3 heteroatoms. The Labute approximate surface area is 60.1 Å². The molecule has 0 saturated carbocycles. The van der Waals surface area contributed by atoms with E-state index in [9.17, 15) is 8.78 Å². The van der Waals surface area contributed by atoms with Gasteiger partial charge < -0.3 is 5.11 Å². The molecule has 0 rings (SSSR count). The fraction of sp³-hybridized carbons (Fsp3) is 1.00. The van der Waals surface area contributed by atoms with Crippen LogP contribution in [0.3, 0.4) is 0 Å². The topological polar surface area (TPSA) is 20.2 Å². The van der Waals surface area contributed by atoms with Crippen LogP contribution in [0.2, 0.25) is 0 Å². The van der Waals surface area contributed by atoms with E-state index in [0.29, 0.717) is 12.3 Å². The number of aliphatic hydroxyl groups excluding tert-OH is 1. The predicted octanol–water partition coefficient (Wildman–Crippen LogP) is 2.05. The van der Waals surface area contributed by atoms with Gasteiger partial charge in [-0.1, -0.05) is 13.8 Å². The van der Waals surface area contributed by atoms with Crippen LogP contribution in [0.25, 0.3) is 0 Å². The molecule has 0 aliphatic rings. The normalized spacial score (nSPS) is 14.7. The molecule has 0 radical (unpaired) electrons. The van der Waals surface area contributed by atoms with Gasteiger partial charge in [-0.3, -0.25) is 0 Å². The fourth-order valence-corrected chi connectivity index (χ4v) is 0.630. The SMILES string of the molecule is CC(C)CCC(O)C(F)F. The van der Waals surface area contributed by atoms with Crippen LogP contribution in [0.1, 0.15) is 26.7 Å². The monoisotopic (exact) mass is 152 g/mol. The van der Waals surface area contributed by atoms with Crippen molar-refractivity contribution in [2.75, 3.05) is 0 Å². The molecule has 1 N–H and O–H groups in total. The number of alkyl halides is 2. The average molecular weight is 152 g/mol. The summed E-state index contributed by atoms with van der Waals surface area (Å²) in [5.74, 6) is 0.383. The zero-order valence-electron chi connectivity index (χ0n) is 6.35. The molecular weight excluding hydrogens is 138 g/mol. The Hall–Kier alpha value is -0.180. The summed E-state index contributed by atoms with van der Waals surface area (Å²) in [4.78, 5) is 0. The second kappa shape index (κ2) is 4.61. The highest BCUT2D eigenvalue weighted by Crippen LogP contribution is 2.11. The van der Waals surface area contributed by atoms with Gasteiger partial charge in [-0.2, -0.15) is 0 Å². The van der Waals surface area contributed by atoms with Crippen molar-refractivity contribution in [3.63, 3.8) is 0 Å². The molecule has 0 aliphatic carbocycles. The summed E-state index contributed by atoms with van der Waals surface area (Å²) in [6.45, 7) is 3.89. The minimum Gasteiger partial charge on any atom is -0.387 e. The number of hydrogen-bond acceptors (Lipinski definition) is 1. The highest BCUT2D eigenvalue weighted by atomic mass is 19.3. The number of halogens is 2. The van der Waals surface area contributed by atoms with Gasteiger partial charge in [-0.05, 0) is 18.8 Å². The van der Waals surface area contributed by atoms with Gasteiger partial charge in [0.2, 0.25) is 0 Å². The third kappa shape index (κ3) is 4.68. The molecule has 10 heavy (non-hydrogen) atoms. The molecule has 1 atom stereocenters. The van der Waals surface area contributed by atoms with Crippen LogP contribution in [0.15, 0.2) is 0 Å². The zero-order chi connectivity index (χ0) is 8.15. The summed E-state index contributed by atoms with van der Waals surface area (Å²) in [5, 5.41) is 8.63. The first-order valence-electron chi connectivity index (χ1n) is 3.50. The van der Waals surface area contributed by atoms with Crippen LogP contribution in [0.5, 0.6) is 0 Å². The summed E-state index contributed by atoms with van der Waals surface area (Å²) < 4.78 is 23.3. The standard InChI is InChI=1S/C7H14F2O/c1-5(2)3-4-6(10)7(8)9/h5-7,10H,3-4H2,1-2H3. The number of rotatable bonds is 4. The van der Waals surface area contributed by atoms with Crippen molar-refractivity contribution in [2.45, 2.75) is 39.2 Å². The molecule has 0 bridgehead atoms. The summed E-state index contributed by atoms with van der Waals surface area (Å²) in [5.41, 5.74) is 0. The molecular formula is C7H14F2O. The highest BCUT2D eigenvalue weighted by molar-refractivity contribution is 4.58. The summed E-state index contributed by atoms with van der Waals surface area (Å²) in [7, 11) is 0. The number of hydrogen-bond donors (Lipinski definition) is 1. The smallest absolute Gasteiger partial charge is 0.264 e. The second-order valence-corrected chi connectivity index (χ2v) is 2.87. The maximum absolute atomic E-state index is 11.6. The first kappa shape index (κ1) is 9.82. The first-order chi connectivity index (χ1) is 4.54. The van der Waals surface area contributed by atoms with E-state index in [4.69, 9.17) is 5.11 Å². The molecule has 0 heterocycles. The van der Waals surface area contributed by atoms with Crippen LogP contribution < -0.4 is 0 Å². The first-order valence-corrected chi connectivity index (χ1v) is 3.50. The molecule has 0 aliphatic heterocycles. The molecule has 1 unspecified atom stereocenters. The van der Waals surface area contributed by atoms with Gasteiger partial charge in [0.1, 0.15) is 6.10 Å². The Kier molecular flexibility index (Phi) is 4.52. The van der Waals surface area contributed by atoms with E-state index >= 15 is 0 Å². The summed E-state index contributed by atoms with van der Waals surface area (Å²) in [6.07, 6.45) is -3.15. The third-order valence-electron chi connectivity index (χ3n) is 1.33. The van der Waals surface area contributed by atoms with Gasteiger partial charge in [-0.25, -0.2) is 8.78 Å². The fourth-order valence-electron chi connectivity index (χ4n) is 0.630. The largest absolute Gasteiger partial charge is 0.387 e. The summed E-state index contributed by atoms with van der Waals surface area (Å²) >= 11 is 0. The van der Waals surface area contributed by atoms with Crippen LogP contribution in [0.4, 0.5) is 8.78 Å². The maximum atomic E-state index is 11.6. The molecule has 0 fully saturated rings. The van der Waals surface area contributed by atoms with Crippen molar-refractivity contribution in [3.8, 4) is 0 Å². The third-order valence-corrected chi connectivity index (χ3v) is 1.33. The van der Waals surface area contributed by atoms with Crippen molar-refractivity contribution in [1.82, 2.24) is 0 Å². The molecule has 1 nitrogen and oxygen atoms in total. The van der Waals surface area contributed by atoms with E-state index < -0.39 is 12.5 Å². The molecule has 0 spiro atoms. The highest BCUT2D eigenvalue weighted by Gasteiger charge is 2.16. The van der Waals surface area contributed by atoms with E-state index in [0.717, 1.165) is 0 Å². The van der Waals surface area contributed by atoms with Gasteiger partial charge >= 0.3 is 0 Å². The average Bonchev–Trinajstić information content (AvgIpc) is 1.82. The van der Waals surface area contributed by atoms with E-state index in [1.807, 2.05) is 13.8 Å². The van der Waals surface area contributed by atoms with Crippen molar-refractivity contribution < 1.29 is 13.9 Å². The second-order valence-electron chi connectivity index (χ2n) is 2.87. The molecule has 0 aromatic heterocycles. The lowest BCUT2D eigenvalue weighted by Gasteiger charge is -2.09. The van der Waals surface area contributed by atoms with Crippen LogP contribution in [-0.2, 0) is 0 Å². The van der Waals surface area contributed by atoms with Crippen LogP contribution in [-0.4, -0.2) is 17.6 Å². The molecule has 0 aromatic rings. The minimum atomic E-state index is -2.58.